The van der Waals surface area contributed by atoms with Gasteiger partial charge in [0.25, 0.3) is 0 Å². The summed E-state index contributed by atoms with van der Waals surface area (Å²) in [6.07, 6.45) is 11.6. The molecule has 7 heteroatoms. The summed E-state index contributed by atoms with van der Waals surface area (Å²) < 4.78 is 7.56. The van der Waals surface area contributed by atoms with Crippen molar-refractivity contribution in [3.8, 4) is 11.6 Å². The Morgan fingerprint density at radius 1 is 1.32 bits per heavy atom. The summed E-state index contributed by atoms with van der Waals surface area (Å²) in [6.45, 7) is 8.63. The molecule has 4 aliphatic rings. The fourth-order valence-corrected chi connectivity index (χ4v) is 7.49. The lowest BCUT2D eigenvalue weighted by atomic mass is 9.48. The first-order chi connectivity index (χ1) is 15.0. The Labute approximate surface area is 188 Å². The number of hydrogen-bond donors (Lipinski definition) is 1. The third kappa shape index (κ3) is 3.86. The van der Waals surface area contributed by atoms with Gasteiger partial charge in [-0.1, -0.05) is 17.8 Å². The molecule has 4 aliphatic carbocycles. The van der Waals surface area contributed by atoms with Gasteiger partial charge in [-0.05, 0) is 87.2 Å². The van der Waals surface area contributed by atoms with Crippen molar-refractivity contribution in [2.75, 3.05) is 5.75 Å². The maximum Gasteiger partial charge on any atom is 0.230 e. The maximum absolute atomic E-state index is 12.9. The number of hydrogen-bond acceptors (Lipinski definition) is 5. The van der Waals surface area contributed by atoms with E-state index in [-0.39, 0.29) is 11.9 Å². The standard InChI is InChI=1S/C24H32N4O2S/c1-4-6-28-22(21-15(2)5-7-30-21)26-27-23(28)31-14-20(29)25-16(3)24-11-17-8-18(12-24)10-19(9-17)13-24/h4-5,7,16-19H,1,6,8-14H2,2-3H3,(H,25,29)/t16-,17?,18?,19?,24?/m1/s1. The maximum atomic E-state index is 12.9. The minimum atomic E-state index is 0.0807. The second kappa shape index (κ2) is 8.15. The molecular formula is C24H32N4O2S. The van der Waals surface area contributed by atoms with Crippen LogP contribution in [0.5, 0.6) is 0 Å². The molecule has 31 heavy (non-hydrogen) atoms. The van der Waals surface area contributed by atoms with Crippen LogP contribution in [0.1, 0.15) is 51.0 Å². The van der Waals surface area contributed by atoms with Gasteiger partial charge in [-0.15, -0.1) is 16.8 Å². The molecule has 0 aromatic carbocycles. The second-order valence-corrected chi connectivity index (χ2v) is 10.9. The van der Waals surface area contributed by atoms with E-state index in [1.807, 2.05) is 23.6 Å². The lowest BCUT2D eigenvalue weighted by molar-refractivity contribution is -0.123. The first-order valence-corrected chi connectivity index (χ1v) is 12.5. The Hall–Kier alpha value is -2.02. The van der Waals surface area contributed by atoms with E-state index >= 15 is 0 Å². The SMILES string of the molecule is C=CCn1c(SCC(=O)N[C@H](C)C23CC4CC(CC(C4)C2)C3)nnc1-c1occc1C. The highest BCUT2D eigenvalue weighted by Gasteiger charge is 2.53. The molecule has 2 aromatic heterocycles. The molecule has 4 saturated carbocycles. The summed E-state index contributed by atoms with van der Waals surface area (Å²) in [7, 11) is 0. The van der Waals surface area contributed by atoms with Gasteiger partial charge in [-0.25, -0.2) is 0 Å². The summed E-state index contributed by atoms with van der Waals surface area (Å²) in [6, 6.07) is 2.15. The van der Waals surface area contributed by atoms with Gasteiger partial charge in [0.1, 0.15) is 0 Å². The van der Waals surface area contributed by atoms with Crippen LogP contribution in [0.4, 0.5) is 0 Å². The first kappa shape index (κ1) is 20.9. The molecule has 2 heterocycles. The van der Waals surface area contributed by atoms with E-state index in [1.165, 1.54) is 50.3 Å². The van der Waals surface area contributed by atoms with Crippen LogP contribution in [0.25, 0.3) is 11.6 Å². The van der Waals surface area contributed by atoms with Crippen LogP contribution < -0.4 is 5.32 Å². The van der Waals surface area contributed by atoms with Crippen molar-refractivity contribution >= 4 is 17.7 Å². The van der Waals surface area contributed by atoms with E-state index in [1.54, 1.807) is 6.26 Å². The molecule has 2 aromatic rings. The number of aryl methyl sites for hydroxylation is 1. The van der Waals surface area contributed by atoms with Crippen LogP contribution in [0.3, 0.4) is 0 Å². The molecular weight excluding hydrogens is 408 g/mol. The molecule has 6 nitrogen and oxygen atoms in total. The third-order valence-corrected chi connectivity index (χ3v) is 8.77. The van der Waals surface area contributed by atoms with E-state index in [0.717, 1.165) is 23.3 Å². The fraction of sp³-hybridized carbons (Fsp3) is 0.625. The highest BCUT2D eigenvalue weighted by atomic mass is 32.2. The van der Waals surface area contributed by atoms with Gasteiger partial charge in [0.15, 0.2) is 10.9 Å². The Bertz CT molecular complexity index is 943. The second-order valence-electron chi connectivity index (χ2n) is 10.00. The smallest absolute Gasteiger partial charge is 0.230 e. The van der Waals surface area contributed by atoms with Crippen LogP contribution in [0.15, 0.2) is 34.6 Å². The quantitative estimate of drug-likeness (QED) is 0.469. The molecule has 0 saturated heterocycles. The zero-order chi connectivity index (χ0) is 21.6. The van der Waals surface area contributed by atoms with Gasteiger partial charge in [0, 0.05) is 12.6 Å². The zero-order valence-corrected chi connectivity index (χ0v) is 19.3. The molecule has 4 fully saturated rings. The monoisotopic (exact) mass is 440 g/mol. The number of amides is 1. The number of nitrogens with one attached hydrogen (secondary N) is 1. The summed E-state index contributed by atoms with van der Waals surface area (Å²) in [5.41, 5.74) is 1.33. The molecule has 0 unspecified atom stereocenters. The average Bonchev–Trinajstić information content (AvgIpc) is 3.31. The van der Waals surface area contributed by atoms with Crippen molar-refractivity contribution < 1.29 is 9.21 Å². The molecule has 0 spiro atoms. The summed E-state index contributed by atoms with van der Waals surface area (Å²) in [5, 5.41) is 12.7. The van der Waals surface area contributed by atoms with Gasteiger partial charge < -0.3 is 9.73 Å². The van der Waals surface area contributed by atoms with Crippen LogP contribution in [0.2, 0.25) is 0 Å². The molecule has 1 amide bonds. The molecule has 166 valence electrons. The van der Waals surface area contributed by atoms with Gasteiger partial charge in [-0.3, -0.25) is 9.36 Å². The van der Waals surface area contributed by atoms with Gasteiger partial charge in [-0.2, -0.15) is 0 Å². The summed E-state index contributed by atoms with van der Waals surface area (Å²) in [5.74, 6) is 4.47. The van der Waals surface area contributed by atoms with Crippen molar-refractivity contribution in [1.29, 1.82) is 0 Å². The van der Waals surface area contributed by atoms with E-state index in [9.17, 15) is 4.79 Å². The Morgan fingerprint density at radius 3 is 2.58 bits per heavy atom. The Kier molecular flexibility index (Phi) is 5.49. The third-order valence-electron chi connectivity index (χ3n) is 7.81. The van der Waals surface area contributed by atoms with Crippen LogP contribution in [0, 0.1) is 30.1 Å². The largest absolute Gasteiger partial charge is 0.461 e. The van der Waals surface area contributed by atoms with Crippen molar-refractivity contribution in [2.24, 2.45) is 23.2 Å². The molecule has 1 atom stereocenters. The van der Waals surface area contributed by atoms with E-state index in [0.29, 0.717) is 34.5 Å². The number of carbonyl (C=O) groups is 1. The topological polar surface area (TPSA) is 73.0 Å². The van der Waals surface area contributed by atoms with E-state index < -0.39 is 0 Å². The van der Waals surface area contributed by atoms with Crippen molar-refractivity contribution in [1.82, 2.24) is 20.1 Å². The number of aromatic nitrogens is 3. The molecule has 0 radical (unpaired) electrons. The molecule has 4 bridgehead atoms. The minimum Gasteiger partial charge on any atom is -0.461 e. The van der Waals surface area contributed by atoms with E-state index in [2.05, 4.69) is 29.0 Å². The van der Waals surface area contributed by atoms with Gasteiger partial charge >= 0.3 is 0 Å². The molecule has 6 rings (SSSR count). The predicted molar refractivity (Wildman–Crippen MR) is 122 cm³/mol. The predicted octanol–water partition coefficient (Wildman–Crippen LogP) is 4.85. The molecule has 1 N–H and O–H groups in total. The number of carbonyl (C=O) groups excluding carboxylic acids is 1. The van der Waals surface area contributed by atoms with Crippen LogP contribution in [-0.4, -0.2) is 32.5 Å². The van der Waals surface area contributed by atoms with Crippen molar-refractivity contribution in [3.05, 3.63) is 30.5 Å². The van der Waals surface area contributed by atoms with Crippen LogP contribution >= 0.6 is 11.8 Å². The van der Waals surface area contributed by atoms with Crippen molar-refractivity contribution in [3.63, 3.8) is 0 Å². The summed E-state index contributed by atoms with van der Waals surface area (Å²) in [4.78, 5) is 12.9. The minimum absolute atomic E-state index is 0.0807. The van der Waals surface area contributed by atoms with Gasteiger partial charge in [0.2, 0.25) is 11.7 Å². The lowest BCUT2D eigenvalue weighted by Gasteiger charge is -2.59. The van der Waals surface area contributed by atoms with Crippen LogP contribution in [-0.2, 0) is 11.3 Å². The summed E-state index contributed by atoms with van der Waals surface area (Å²) >= 11 is 1.43. The van der Waals surface area contributed by atoms with Gasteiger partial charge in [0.05, 0.1) is 12.0 Å². The average molecular weight is 441 g/mol. The lowest BCUT2D eigenvalue weighted by Crippen LogP contribution is -2.56. The Morgan fingerprint density at radius 2 is 2.00 bits per heavy atom. The number of rotatable bonds is 8. The number of nitrogens with zero attached hydrogens (tertiary/aromatic N) is 3. The fourth-order valence-electron chi connectivity index (χ4n) is 6.73. The number of allylic oxidation sites excluding steroid dienone is 1. The number of thioether (sulfide) groups is 1. The highest BCUT2D eigenvalue weighted by Crippen LogP contribution is 2.61. The Balaban J connectivity index is 1.23. The zero-order valence-electron chi connectivity index (χ0n) is 18.5. The molecule has 0 aliphatic heterocycles. The van der Waals surface area contributed by atoms with Crippen molar-refractivity contribution in [2.45, 2.75) is 70.1 Å². The number of furan rings is 1. The normalized spacial score (nSPS) is 29.8. The first-order valence-electron chi connectivity index (χ1n) is 11.5. The van der Waals surface area contributed by atoms with E-state index in [4.69, 9.17) is 4.42 Å². The highest BCUT2D eigenvalue weighted by molar-refractivity contribution is 7.99.